The van der Waals surface area contributed by atoms with Gasteiger partial charge in [0.25, 0.3) is 5.56 Å². The molecule has 1 saturated carbocycles. The van der Waals surface area contributed by atoms with Crippen LogP contribution in [0.4, 0.5) is 0 Å². The Morgan fingerprint density at radius 2 is 1.92 bits per heavy atom. The normalized spacial score (nSPS) is 19.6. The Morgan fingerprint density at radius 3 is 2.72 bits per heavy atom. The summed E-state index contributed by atoms with van der Waals surface area (Å²) in [6, 6.07) is 9.86. The third-order valence-corrected chi connectivity index (χ3v) is 5.58. The Morgan fingerprint density at radius 1 is 1.08 bits per heavy atom. The van der Waals surface area contributed by atoms with Crippen molar-refractivity contribution in [3.63, 3.8) is 0 Å². The molecule has 0 atom stereocenters. The van der Waals surface area contributed by atoms with E-state index in [1.54, 1.807) is 0 Å². The number of para-hydroxylation sites is 1. The van der Waals surface area contributed by atoms with Crippen LogP contribution in [0.25, 0.3) is 10.9 Å². The van der Waals surface area contributed by atoms with Gasteiger partial charge in [0.05, 0.1) is 0 Å². The monoisotopic (exact) mass is 339 g/mol. The fraction of sp³-hybridized carbons (Fsp3) is 0.500. The molecule has 1 aliphatic heterocycles. The van der Waals surface area contributed by atoms with Crippen molar-refractivity contribution in [2.45, 2.75) is 32.2 Å². The van der Waals surface area contributed by atoms with Crippen molar-refractivity contribution in [1.29, 1.82) is 0 Å². The first kappa shape index (κ1) is 16.3. The molecule has 2 aromatic rings. The molecular weight excluding hydrogens is 314 g/mol. The van der Waals surface area contributed by atoms with E-state index in [2.05, 4.69) is 9.88 Å². The zero-order chi connectivity index (χ0) is 17.2. The zero-order valence-electron chi connectivity index (χ0n) is 14.5. The van der Waals surface area contributed by atoms with Gasteiger partial charge >= 0.3 is 0 Å². The van der Waals surface area contributed by atoms with Gasteiger partial charge in [0, 0.05) is 49.7 Å². The van der Waals surface area contributed by atoms with Crippen molar-refractivity contribution in [2.24, 2.45) is 5.92 Å². The molecule has 1 aromatic carbocycles. The van der Waals surface area contributed by atoms with Crippen molar-refractivity contribution in [2.75, 3.05) is 26.2 Å². The zero-order valence-corrected chi connectivity index (χ0v) is 14.5. The highest BCUT2D eigenvalue weighted by Gasteiger charge is 2.30. The van der Waals surface area contributed by atoms with Crippen LogP contribution in [0.1, 0.15) is 31.2 Å². The highest BCUT2D eigenvalue weighted by Crippen LogP contribution is 2.28. The molecule has 0 spiro atoms. The lowest BCUT2D eigenvalue weighted by Crippen LogP contribution is -2.41. The summed E-state index contributed by atoms with van der Waals surface area (Å²) >= 11 is 0. The minimum Gasteiger partial charge on any atom is -0.341 e. The highest BCUT2D eigenvalue weighted by molar-refractivity contribution is 5.79. The van der Waals surface area contributed by atoms with Crippen LogP contribution >= 0.6 is 0 Å². The number of benzene rings is 1. The molecule has 0 unspecified atom stereocenters. The fourth-order valence-corrected chi connectivity index (χ4v) is 3.81. The van der Waals surface area contributed by atoms with Crippen LogP contribution < -0.4 is 5.56 Å². The second-order valence-corrected chi connectivity index (χ2v) is 7.29. The minimum atomic E-state index is -0.00894. The summed E-state index contributed by atoms with van der Waals surface area (Å²) in [7, 11) is 0. The third-order valence-electron chi connectivity index (χ3n) is 5.58. The predicted molar refractivity (Wildman–Crippen MR) is 98.4 cm³/mol. The lowest BCUT2D eigenvalue weighted by molar-refractivity contribution is -0.138. The summed E-state index contributed by atoms with van der Waals surface area (Å²) in [5.74, 6) is 0.617. The molecular formula is C20H25N3O2. The van der Waals surface area contributed by atoms with Crippen molar-refractivity contribution in [3.05, 3.63) is 46.2 Å². The molecule has 0 radical (unpaired) electrons. The Kier molecular flexibility index (Phi) is 4.57. The maximum absolute atomic E-state index is 12.5. The van der Waals surface area contributed by atoms with Gasteiger partial charge in [0.2, 0.25) is 5.91 Å². The number of pyridine rings is 1. The van der Waals surface area contributed by atoms with Crippen LogP contribution in [0.15, 0.2) is 35.1 Å². The maximum atomic E-state index is 12.5. The highest BCUT2D eigenvalue weighted by atomic mass is 16.2. The van der Waals surface area contributed by atoms with Gasteiger partial charge in [-0.05, 0) is 36.8 Å². The lowest BCUT2D eigenvalue weighted by atomic mass is 9.84. The van der Waals surface area contributed by atoms with E-state index in [4.69, 9.17) is 0 Å². The summed E-state index contributed by atoms with van der Waals surface area (Å²) in [5, 5.41) is 1.06. The van der Waals surface area contributed by atoms with Crippen molar-refractivity contribution >= 4 is 16.8 Å². The average Bonchev–Trinajstić information content (AvgIpc) is 2.79. The van der Waals surface area contributed by atoms with E-state index >= 15 is 0 Å². The molecule has 4 rings (SSSR count). The molecule has 1 saturated heterocycles. The van der Waals surface area contributed by atoms with E-state index in [0.717, 1.165) is 61.9 Å². The van der Waals surface area contributed by atoms with Gasteiger partial charge in [-0.1, -0.05) is 24.6 Å². The van der Waals surface area contributed by atoms with E-state index in [-0.39, 0.29) is 11.5 Å². The van der Waals surface area contributed by atoms with Gasteiger partial charge in [-0.2, -0.15) is 0 Å². The van der Waals surface area contributed by atoms with Crippen LogP contribution in [0.2, 0.25) is 0 Å². The number of nitrogens with one attached hydrogen (secondary N) is 1. The summed E-state index contributed by atoms with van der Waals surface area (Å²) < 4.78 is 0. The SMILES string of the molecule is O=C(C1CCC1)N1CCCN(Cc2cc3ccccc3[nH]c2=O)CC1. The summed E-state index contributed by atoms with van der Waals surface area (Å²) in [6.45, 7) is 4.04. The maximum Gasteiger partial charge on any atom is 0.252 e. The van der Waals surface area contributed by atoms with Gasteiger partial charge in [0.15, 0.2) is 0 Å². The molecule has 1 aromatic heterocycles. The molecule has 132 valence electrons. The molecule has 2 fully saturated rings. The minimum absolute atomic E-state index is 0.00894. The fourth-order valence-electron chi connectivity index (χ4n) is 3.81. The van der Waals surface area contributed by atoms with Crippen LogP contribution in [-0.2, 0) is 11.3 Å². The molecule has 2 aliphatic rings. The van der Waals surface area contributed by atoms with E-state index in [1.165, 1.54) is 6.42 Å². The van der Waals surface area contributed by atoms with E-state index in [9.17, 15) is 9.59 Å². The molecule has 5 nitrogen and oxygen atoms in total. The van der Waals surface area contributed by atoms with Gasteiger partial charge in [-0.15, -0.1) is 0 Å². The number of aromatic amines is 1. The van der Waals surface area contributed by atoms with Gasteiger partial charge in [-0.3, -0.25) is 14.5 Å². The van der Waals surface area contributed by atoms with Crippen LogP contribution in [0.3, 0.4) is 0 Å². The summed E-state index contributed by atoms with van der Waals surface area (Å²) in [4.78, 5) is 32.1. The number of rotatable bonds is 3. The Balaban J connectivity index is 1.43. The first-order valence-electron chi connectivity index (χ1n) is 9.33. The average molecular weight is 339 g/mol. The van der Waals surface area contributed by atoms with Crippen molar-refractivity contribution in [1.82, 2.24) is 14.8 Å². The molecule has 5 heteroatoms. The number of carbonyl (C=O) groups is 1. The van der Waals surface area contributed by atoms with Gasteiger partial charge in [0.1, 0.15) is 0 Å². The van der Waals surface area contributed by atoms with Gasteiger partial charge < -0.3 is 9.88 Å². The molecule has 1 aliphatic carbocycles. The number of nitrogens with zero attached hydrogens (tertiary/aromatic N) is 2. The summed E-state index contributed by atoms with van der Waals surface area (Å²) in [6.07, 6.45) is 4.29. The van der Waals surface area contributed by atoms with E-state index in [1.807, 2.05) is 35.2 Å². The second-order valence-electron chi connectivity index (χ2n) is 7.29. The first-order chi connectivity index (χ1) is 12.2. The van der Waals surface area contributed by atoms with Gasteiger partial charge in [-0.25, -0.2) is 0 Å². The van der Waals surface area contributed by atoms with E-state index in [0.29, 0.717) is 12.5 Å². The number of aromatic nitrogens is 1. The molecule has 1 amide bonds. The molecule has 25 heavy (non-hydrogen) atoms. The first-order valence-corrected chi connectivity index (χ1v) is 9.33. The van der Waals surface area contributed by atoms with Crippen molar-refractivity contribution in [3.8, 4) is 0 Å². The number of carbonyl (C=O) groups excluding carboxylic acids is 1. The number of H-pyrrole nitrogens is 1. The van der Waals surface area contributed by atoms with Crippen LogP contribution in [-0.4, -0.2) is 46.9 Å². The number of hydrogen-bond acceptors (Lipinski definition) is 3. The number of hydrogen-bond donors (Lipinski definition) is 1. The predicted octanol–water partition coefficient (Wildman–Crippen LogP) is 2.36. The summed E-state index contributed by atoms with van der Waals surface area (Å²) in [5.41, 5.74) is 1.67. The van der Waals surface area contributed by atoms with Crippen molar-refractivity contribution < 1.29 is 4.79 Å². The number of fused-ring (bicyclic) bond motifs is 1. The molecule has 0 bridgehead atoms. The Bertz CT molecular complexity index is 825. The second kappa shape index (κ2) is 7.00. The number of amides is 1. The molecule has 2 heterocycles. The molecule has 1 N–H and O–H groups in total. The lowest BCUT2D eigenvalue weighted by Gasteiger charge is -2.31. The smallest absolute Gasteiger partial charge is 0.252 e. The Labute approximate surface area is 147 Å². The largest absolute Gasteiger partial charge is 0.341 e. The topological polar surface area (TPSA) is 56.4 Å². The third kappa shape index (κ3) is 3.47. The van der Waals surface area contributed by atoms with Crippen LogP contribution in [0, 0.1) is 5.92 Å². The van der Waals surface area contributed by atoms with E-state index < -0.39 is 0 Å². The standard InChI is InChI=1S/C20H25N3O2/c24-19-17(13-16-5-1-2-8-18(16)21-19)14-22-9-4-10-23(12-11-22)20(25)15-6-3-7-15/h1-2,5,8,13,15H,3-4,6-7,9-12,14H2,(H,21,24). The quantitative estimate of drug-likeness (QED) is 0.934. The Hall–Kier alpha value is -2.14. The van der Waals surface area contributed by atoms with Crippen LogP contribution in [0.5, 0.6) is 0 Å².